The van der Waals surface area contributed by atoms with Gasteiger partial charge in [-0.25, -0.2) is 0 Å². The zero-order valence-corrected chi connectivity index (χ0v) is 16.8. The van der Waals surface area contributed by atoms with Gasteiger partial charge in [0.05, 0.1) is 12.5 Å². The zero-order chi connectivity index (χ0) is 21.2. The third kappa shape index (κ3) is 3.84. The predicted octanol–water partition coefficient (Wildman–Crippen LogP) is 6.18. The van der Waals surface area contributed by atoms with Gasteiger partial charge in [-0.15, -0.1) is 0 Å². The quantitative estimate of drug-likeness (QED) is 0.353. The molecule has 2 N–H and O–H groups in total. The average Bonchev–Trinajstić information content (AvgIpc) is 3.26. The maximum atomic E-state index is 11.0. The highest BCUT2D eigenvalue weighted by molar-refractivity contribution is 5.92. The molecule has 0 bridgehead atoms. The molecule has 0 amide bonds. The van der Waals surface area contributed by atoms with E-state index < -0.39 is 0 Å². The third-order valence-corrected chi connectivity index (χ3v) is 5.49. The molecule has 0 aliphatic rings. The monoisotopic (exact) mass is 404 g/mol. The van der Waals surface area contributed by atoms with Gasteiger partial charge in [-0.2, -0.15) is 0 Å². The Morgan fingerprint density at radius 2 is 1.55 bits per heavy atom. The van der Waals surface area contributed by atoms with E-state index in [1.54, 1.807) is 18.6 Å². The fourth-order valence-corrected chi connectivity index (χ4v) is 3.83. The van der Waals surface area contributed by atoms with Gasteiger partial charge in [0.1, 0.15) is 11.5 Å². The molecule has 4 aromatic carbocycles. The molecule has 0 spiro atoms. The molecule has 0 radical (unpaired) electrons. The number of furan rings is 1. The lowest BCUT2D eigenvalue weighted by Crippen LogP contribution is -1.92. The fourth-order valence-electron chi connectivity index (χ4n) is 3.83. The van der Waals surface area contributed by atoms with Crippen LogP contribution in [0.3, 0.4) is 0 Å². The second kappa shape index (κ2) is 7.93. The van der Waals surface area contributed by atoms with Gasteiger partial charge in [0.25, 0.3) is 0 Å². The summed E-state index contributed by atoms with van der Waals surface area (Å²) in [6.45, 7) is 0. The first-order valence-electron chi connectivity index (χ1n) is 10.1. The van der Waals surface area contributed by atoms with Crippen LogP contribution >= 0.6 is 0 Å². The molecule has 5 rings (SSSR count). The highest BCUT2D eigenvalue weighted by atomic mass is 16.3. The van der Waals surface area contributed by atoms with Crippen LogP contribution in [0, 0.1) is 11.8 Å². The van der Waals surface area contributed by atoms with Crippen LogP contribution in [0.2, 0.25) is 0 Å². The first-order chi connectivity index (χ1) is 15.2. The summed E-state index contributed by atoms with van der Waals surface area (Å²) in [5.74, 6) is 6.55. The maximum Gasteiger partial charge on any atom is 0.130 e. The highest BCUT2D eigenvalue weighted by Gasteiger charge is 2.14. The summed E-state index contributed by atoms with van der Waals surface area (Å²) in [6, 6.07) is 23.4. The van der Waals surface area contributed by atoms with Crippen molar-refractivity contribution in [3.63, 3.8) is 0 Å². The molecule has 5 aromatic rings. The van der Waals surface area contributed by atoms with Crippen LogP contribution in [0.5, 0.6) is 11.5 Å². The van der Waals surface area contributed by atoms with E-state index in [1.807, 2.05) is 54.6 Å². The molecule has 0 saturated heterocycles. The van der Waals surface area contributed by atoms with Gasteiger partial charge in [-0.05, 0) is 40.8 Å². The number of benzene rings is 4. The molecular weight excluding hydrogens is 384 g/mol. The highest BCUT2D eigenvalue weighted by Crippen LogP contribution is 2.37. The Balaban J connectivity index is 1.48. The molecule has 0 aliphatic heterocycles. The van der Waals surface area contributed by atoms with Crippen molar-refractivity contribution in [2.45, 2.75) is 12.8 Å². The van der Waals surface area contributed by atoms with Gasteiger partial charge >= 0.3 is 0 Å². The largest absolute Gasteiger partial charge is 0.507 e. The maximum absolute atomic E-state index is 11.0. The lowest BCUT2D eigenvalue weighted by Gasteiger charge is -2.11. The Morgan fingerprint density at radius 3 is 2.42 bits per heavy atom. The van der Waals surface area contributed by atoms with Gasteiger partial charge in [0.15, 0.2) is 0 Å². The summed E-state index contributed by atoms with van der Waals surface area (Å²) >= 11 is 0. The number of phenolic OH excluding ortho intramolecular Hbond substituents is 2. The molecule has 150 valence electrons. The fraction of sp³-hybridized carbons (Fsp3) is 0.0714. The average molecular weight is 404 g/mol. The summed E-state index contributed by atoms with van der Waals surface area (Å²) in [5.41, 5.74) is 3.48. The van der Waals surface area contributed by atoms with Crippen molar-refractivity contribution in [1.82, 2.24) is 0 Å². The van der Waals surface area contributed by atoms with Crippen molar-refractivity contribution < 1.29 is 14.6 Å². The van der Waals surface area contributed by atoms with Gasteiger partial charge in [-0.1, -0.05) is 60.4 Å². The van der Waals surface area contributed by atoms with E-state index in [0.29, 0.717) is 23.8 Å². The molecule has 0 fully saturated rings. The van der Waals surface area contributed by atoms with Gasteiger partial charge in [0.2, 0.25) is 0 Å². The van der Waals surface area contributed by atoms with Crippen molar-refractivity contribution in [3.05, 3.63) is 108 Å². The number of rotatable bonds is 3. The van der Waals surface area contributed by atoms with Gasteiger partial charge in [0, 0.05) is 40.1 Å². The first kappa shape index (κ1) is 18.8. The molecule has 31 heavy (non-hydrogen) atoms. The van der Waals surface area contributed by atoms with Crippen LogP contribution in [0.4, 0.5) is 0 Å². The minimum Gasteiger partial charge on any atom is -0.507 e. The second-order valence-corrected chi connectivity index (χ2v) is 7.63. The van der Waals surface area contributed by atoms with Gasteiger partial charge < -0.3 is 14.6 Å². The van der Waals surface area contributed by atoms with Gasteiger partial charge in [-0.3, -0.25) is 0 Å². The minimum absolute atomic E-state index is 0.0835. The van der Waals surface area contributed by atoms with E-state index in [1.165, 1.54) is 5.56 Å². The van der Waals surface area contributed by atoms with Crippen LogP contribution in [0.1, 0.15) is 22.3 Å². The number of fused-ring (bicyclic) bond motifs is 2. The molecule has 1 heterocycles. The molecule has 0 saturated carbocycles. The van der Waals surface area contributed by atoms with Crippen molar-refractivity contribution in [3.8, 4) is 23.3 Å². The number of aromatic hydroxyl groups is 2. The topological polar surface area (TPSA) is 53.6 Å². The van der Waals surface area contributed by atoms with Crippen molar-refractivity contribution in [1.29, 1.82) is 0 Å². The smallest absolute Gasteiger partial charge is 0.130 e. The first-order valence-corrected chi connectivity index (χ1v) is 10.1. The molecular formula is C28H20O3. The Bertz CT molecular complexity index is 1450. The third-order valence-electron chi connectivity index (χ3n) is 5.49. The molecule has 3 heteroatoms. The number of hydrogen-bond acceptors (Lipinski definition) is 3. The SMILES string of the molecule is Oc1cc2ccc(C#CCc3ccccc3)cc2c(O)c1Cc1ccc2cocc2c1. The Hall–Kier alpha value is -4.16. The summed E-state index contributed by atoms with van der Waals surface area (Å²) in [7, 11) is 0. The van der Waals surface area contributed by atoms with E-state index in [0.717, 1.165) is 27.3 Å². The van der Waals surface area contributed by atoms with E-state index in [9.17, 15) is 10.2 Å². The van der Waals surface area contributed by atoms with Crippen LogP contribution in [-0.2, 0) is 12.8 Å². The summed E-state index contributed by atoms with van der Waals surface area (Å²) in [6.07, 6.45) is 4.48. The van der Waals surface area contributed by atoms with E-state index in [2.05, 4.69) is 24.0 Å². The zero-order valence-electron chi connectivity index (χ0n) is 16.8. The molecule has 0 aliphatic carbocycles. The normalized spacial score (nSPS) is 10.8. The second-order valence-electron chi connectivity index (χ2n) is 7.63. The van der Waals surface area contributed by atoms with E-state index in [-0.39, 0.29) is 11.5 Å². The number of phenols is 2. The Kier molecular flexibility index (Phi) is 4.82. The predicted molar refractivity (Wildman–Crippen MR) is 123 cm³/mol. The van der Waals surface area contributed by atoms with Crippen LogP contribution in [0.15, 0.2) is 89.7 Å². The molecule has 0 unspecified atom stereocenters. The lowest BCUT2D eigenvalue weighted by atomic mass is 9.96. The van der Waals surface area contributed by atoms with E-state index >= 15 is 0 Å². The summed E-state index contributed by atoms with van der Waals surface area (Å²) < 4.78 is 5.24. The standard InChI is InChI=1S/C28H20O3/c29-27-16-22-11-9-20(8-4-7-19-5-2-1-3-6-19)14-25(22)28(30)26(27)15-21-10-12-23-17-31-18-24(23)13-21/h1-3,5-6,9-14,16-18,29-30H,7,15H2. The van der Waals surface area contributed by atoms with Crippen molar-refractivity contribution in [2.24, 2.45) is 0 Å². The minimum atomic E-state index is 0.0835. The molecule has 1 aromatic heterocycles. The molecule has 3 nitrogen and oxygen atoms in total. The Labute approximate surface area is 180 Å². The Morgan fingerprint density at radius 1 is 0.742 bits per heavy atom. The molecule has 0 atom stereocenters. The van der Waals surface area contributed by atoms with Crippen LogP contribution in [0.25, 0.3) is 21.5 Å². The van der Waals surface area contributed by atoms with Crippen LogP contribution < -0.4 is 0 Å². The van der Waals surface area contributed by atoms with Crippen molar-refractivity contribution >= 4 is 21.5 Å². The number of hydrogen-bond donors (Lipinski definition) is 2. The van der Waals surface area contributed by atoms with E-state index in [4.69, 9.17) is 4.42 Å². The van der Waals surface area contributed by atoms with Crippen molar-refractivity contribution in [2.75, 3.05) is 0 Å². The summed E-state index contributed by atoms with van der Waals surface area (Å²) in [5, 5.41) is 25.0. The van der Waals surface area contributed by atoms with Crippen LogP contribution in [-0.4, -0.2) is 10.2 Å². The summed E-state index contributed by atoms with van der Waals surface area (Å²) in [4.78, 5) is 0. The lowest BCUT2D eigenvalue weighted by molar-refractivity contribution is 0.445.